The zero-order valence-corrected chi connectivity index (χ0v) is 15.8. The molecular weight excluding hydrogens is 374 g/mol. The third-order valence-corrected chi connectivity index (χ3v) is 3.98. The molecule has 0 saturated heterocycles. The first-order valence-corrected chi connectivity index (χ1v) is 8.22. The average Bonchev–Trinajstić information content (AvgIpc) is 2.67. The molecule has 142 valence electrons. The van der Waals surface area contributed by atoms with Gasteiger partial charge in [-0.3, -0.25) is 4.79 Å². The van der Waals surface area contributed by atoms with E-state index in [0.29, 0.717) is 10.8 Å². The van der Waals surface area contributed by atoms with Crippen molar-refractivity contribution in [3.63, 3.8) is 0 Å². The molecule has 0 saturated carbocycles. The van der Waals surface area contributed by atoms with Gasteiger partial charge in [-0.1, -0.05) is 11.6 Å². The van der Waals surface area contributed by atoms with Crippen LogP contribution in [0.4, 0.5) is 5.69 Å². The number of amides is 1. The summed E-state index contributed by atoms with van der Waals surface area (Å²) in [6, 6.07) is 9.14. The van der Waals surface area contributed by atoms with E-state index in [1.54, 1.807) is 18.2 Å². The minimum atomic E-state index is -0.649. The van der Waals surface area contributed by atoms with Crippen LogP contribution >= 0.6 is 11.6 Å². The van der Waals surface area contributed by atoms with E-state index < -0.39 is 17.8 Å². The standard InChI is InChI=1S/C19H18ClNO6/c1-11-6-15(4-5-16(11)20)27-10-17(22)21-14-8-12(18(23)25-2)7-13(9-14)19(24)26-3/h4-9H,10H2,1-3H3,(H,21,22). The first-order chi connectivity index (χ1) is 12.8. The molecule has 0 radical (unpaired) electrons. The number of methoxy groups -OCH3 is 2. The molecule has 2 rings (SSSR count). The number of anilines is 1. The van der Waals surface area contributed by atoms with E-state index in [0.717, 1.165) is 5.56 Å². The lowest BCUT2D eigenvalue weighted by atomic mass is 10.1. The van der Waals surface area contributed by atoms with Crippen molar-refractivity contribution in [2.24, 2.45) is 0 Å². The van der Waals surface area contributed by atoms with Crippen LogP contribution in [0.3, 0.4) is 0 Å². The molecule has 7 nitrogen and oxygen atoms in total. The first kappa shape index (κ1) is 20.3. The van der Waals surface area contributed by atoms with Gasteiger partial charge >= 0.3 is 11.9 Å². The molecule has 8 heteroatoms. The Bertz CT molecular complexity index is 846. The number of rotatable bonds is 6. The lowest BCUT2D eigenvalue weighted by Gasteiger charge is -2.11. The quantitative estimate of drug-likeness (QED) is 0.760. The van der Waals surface area contributed by atoms with Gasteiger partial charge in [-0.25, -0.2) is 9.59 Å². The fourth-order valence-electron chi connectivity index (χ4n) is 2.22. The summed E-state index contributed by atoms with van der Waals surface area (Å²) in [4.78, 5) is 35.7. The largest absolute Gasteiger partial charge is 0.484 e. The predicted octanol–water partition coefficient (Wildman–Crippen LogP) is 3.24. The molecule has 0 aliphatic heterocycles. The van der Waals surface area contributed by atoms with Gasteiger partial charge in [0, 0.05) is 10.7 Å². The molecule has 0 fully saturated rings. The van der Waals surface area contributed by atoms with Gasteiger partial charge in [-0.05, 0) is 48.9 Å². The topological polar surface area (TPSA) is 90.9 Å². The number of esters is 2. The maximum absolute atomic E-state index is 12.1. The smallest absolute Gasteiger partial charge is 0.337 e. The van der Waals surface area contributed by atoms with Crippen molar-refractivity contribution < 1.29 is 28.6 Å². The van der Waals surface area contributed by atoms with Crippen LogP contribution in [0.2, 0.25) is 5.02 Å². The van der Waals surface area contributed by atoms with Gasteiger partial charge in [0.15, 0.2) is 6.61 Å². The Hall–Kier alpha value is -3.06. The summed E-state index contributed by atoms with van der Waals surface area (Å²) in [5.41, 5.74) is 1.26. The summed E-state index contributed by atoms with van der Waals surface area (Å²) >= 11 is 5.94. The second-order valence-electron chi connectivity index (χ2n) is 5.53. The van der Waals surface area contributed by atoms with Crippen LogP contribution in [0, 0.1) is 6.92 Å². The molecule has 0 heterocycles. The highest BCUT2D eigenvalue weighted by Gasteiger charge is 2.15. The first-order valence-electron chi connectivity index (χ1n) is 7.84. The Morgan fingerprint density at radius 1 is 0.963 bits per heavy atom. The number of halogens is 1. The van der Waals surface area contributed by atoms with E-state index in [1.807, 2.05) is 6.92 Å². The Balaban J connectivity index is 2.12. The predicted molar refractivity (Wildman–Crippen MR) is 99.4 cm³/mol. The van der Waals surface area contributed by atoms with E-state index in [4.69, 9.17) is 16.3 Å². The highest BCUT2D eigenvalue weighted by atomic mass is 35.5. The van der Waals surface area contributed by atoms with Gasteiger partial charge in [-0.15, -0.1) is 0 Å². The molecule has 2 aromatic rings. The number of hydrogen-bond donors (Lipinski definition) is 1. The zero-order valence-electron chi connectivity index (χ0n) is 15.0. The molecule has 1 amide bonds. The lowest BCUT2D eigenvalue weighted by molar-refractivity contribution is -0.118. The van der Waals surface area contributed by atoms with Crippen LogP contribution in [-0.2, 0) is 14.3 Å². The highest BCUT2D eigenvalue weighted by Crippen LogP contribution is 2.21. The third-order valence-electron chi connectivity index (χ3n) is 3.56. The van der Waals surface area contributed by atoms with Gasteiger partial charge in [0.1, 0.15) is 5.75 Å². The minimum Gasteiger partial charge on any atom is -0.484 e. The molecular formula is C19H18ClNO6. The van der Waals surface area contributed by atoms with Gasteiger partial charge in [-0.2, -0.15) is 0 Å². The average molecular weight is 392 g/mol. The number of carbonyl (C=O) groups excluding carboxylic acids is 3. The van der Waals surface area contributed by atoms with Crippen molar-refractivity contribution in [2.45, 2.75) is 6.92 Å². The second kappa shape index (κ2) is 9.05. The summed E-state index contributed by atoms with van der Waals surface area (Å²) in [7, 11) is 2.43. The van der Waals surface area contributed by atoms with E-state index >= 15 is 0 Å². The number of aryl methyl sites for hydroxylation is 1. The molecule has 0 atom stereocenters. The maximum atomic E-state index is 12.1. The summed E-state index contributed by atoms with van der Waals surface area (Å²) in [5, 5.41) is 3.17. The van der Waals surface area contributed by atoms with E-state index in [-0.39, 0.29) is 23.4 Å². The van der Waals surface area contributed by atoms with Crippen molar-refractivity contribution in [1.29, 1.82) is 0 Å². The maximum Gasteiger partial charge on any atom is 0.337 e. The molecule has 0 aliphatic rings. The van der Waals surface area contributed by atoms with Gasteiger partial charge in [0.25, 0.3) is 5.91 Å². The molecule has 1 N–H and O–H groups in total. The van der Waals surface area contributed by atoms with Crippen LogP contribution in [0.15, 0.2) is 36.4 Å². The van der Waals surface area contributed by atoms with Crippen molar-refractivity contribution in [2.75, 3.05) is 26.1 Å². The van der Waals surface area contributed by atoms with Crippen LogP contribution in [-0.4, -0.2) is 38.7 Å². The normalized spacial score (nSPS) is 10.1. The van der Waals surface area contributed by atoms with E-state index in [9.17, 15) is 14.4 Å². The van der Waals surface area contributed by atoms with Crippen molar-refractivity contribution in [1.82, 2.24) is 0 Å². The Labute approximate surface area is 161 Å². The molecule has 0 aliphatic carbocycles. The Morgan fingerprint density at radius 3 is 2.07 bits per heavy atom. The number of benzene rings is 2. The second-order valence-corrected chi connectivity index (χ2v) is 5.94. The Kier molecular flexibility index (Phi) is 6.79. The summed E-state index contributed by atoms with van der Waals surface area (Å²) in [5.74, 6) is -1.28. The number of hydrogen-bond acceptors (Lipinski definition) is 6. The molecule has 2 aromatic carbocycles. The van der Waals surface area contributed by atoms with Crippen molar-refractivity contribution in [3.8, 4) is 5.75 Å². The third kappa shape index (κ3) is 5.46. The fraction of sp³-hybridized carbons (Fsp3) is 0.211. The molecule has 0 aromatic heterocycles. The Morgan fingerprint density at radius 2 is 1.56 bits per heavy atom. The lowest BCUT2D eigenvalue weighted by Crippen LogP contribution is -2.21. The van der Waals surface area contributed by atoms with E-state index in [1.165, 1.54) is 32.4 Å². The van der Waals surface area contributed by atoms with Crippen LogP contribution in [0.1, 0.15) is 26.3 Å². The number of ether oxygens (including phenoxy) is 3. The number of nitrogens with one attached hydrogen (secondary N) is 1. The summed E-state index contributed by atoms with van der Waals surface area (Å²) < 4.78 is 14.7. The summed E-state index contributed by atoms with van der Waals surface area (Å²) in [6.45, 7) is 1.55. The highest BCUT2D eigenvalue weighted by molar-refractivity contribution is 6.31. The molecule has 0 bridgehead atoms. The van der Waals surface area contributed by atoms with Crippen LogP contribution in [0.25, 0.3) is 0 Å². The van der Waals surface area contributed by atoms with Crippen LogP contribution < -0.4 is 10.1 Å². The summed E-state index contributed by atoms with van der Waals surface area (Å²) in [6.07, 6.45) is 0. The zero-order chi connectivity index (χ0) is 20.0. The number of carbonyl (C=O) groups is 3. The fourth-order valence-corrected chi connectivity index (χ4v) is 2.34. The minimum absolute atomic E-state index is 0.102. The molecule has 27 heavy (non-hydrogen) atoms. The van der Waals surface area contributed by atoms with Gasteiger partial charge in [0.2, 0.25) is 0 Å². The monoisotopic (exact) mass is 391 g/mol. The molecule has 0 unspecified atom stereocenters. The van der Waals surface area contributed by atoms with E-state index in [2.05, 4.69) is 14.8 Å². The van der Waals surface area contributed by atoms with Gasteiger partial charge < -0.3 is 19.5 Å². The SMILES string of the molecule is COC(=O)c1cc(NC(=O)COc2ccc(Cl)c(C)c2)cc(C(=O)OC)c1. The van der Waals surface area contributed by atoms with Gasteiger partial charge in [0.05, 0.1) is 25.3 Å². The van der Waals surface area contributed by atoms with Crippen LogP contribution in [0.5, 0.6) is 5.75 Å². The van der Waals surface area contributed by atoms with Crippen molar-refractivity contribution in [3.05, 3.63) is 58.1 Å². The van der Waals surface area contributed by atoms with Crippen molar-refractivity contribution >= 4 is 35.1 Å². The molecule has 0 spiro atoms.